The van der Waals surface area contributed by atoms with Gasteiger partial charge in [-0.3, -0.25) is 19.8 Å². The van der Waals surface area contributed by atoms with Gasteiger partial charge in [0, 0.05) is 7.05 Å². The Kier molecular flexibility index (Phi) is 1.78. The second kappa shape index (κ2) is 2.61. The number of rotatable bonds is 0. The van der Waals surface area contributed by atoms with Crippen LogP contribution in [0.25, 0.3) is 0 Å². The number of carbonyl (C=O) groups excluding carboxylic acids is 3. The van der Waals surface area contributed by atoms with Crippen LogP contribution in [-0.2, 0) is 9.59 Å². The highest BCUT2D eigenvalue weighted by Crippen LogP contribution is 1.96. The minimum absolute atomic E-state index is 0.635. The van der Waals surface area contributed by atoms with Gasteiger partial charge in [-0.1, -0.05) is 5.16 Å². The van der Waals surface area contributed by atoms with Gasteiger partial charge in [-0.25, -0.2) is 4.79 Å². The van der Waals surface area contributed by atoms with Gasteiger partial charge in [0.25, 0.3) is 11.8 Å². The molecule has 1 fully saturated rings. The second-order valence-corrected chi connectivity index (χ2v) is 2.07. The van der Waals surface area contributed by atoms with Crippen molar-refractivity contribution in [3.63, 3.8) is 0 Å². The summed E-state index contributed by atoms with van der Waals surface area (Å²) in [7, 11) is 1.16. The van der Waals surface area contributed by atoms with Gasteiger partial charge in [0.05, 0.1) is 0 Å². The SMILES string of the molecule is CN1C(=O)NC(=O)C(=NO)C1=O. The first kappa shape index (κ1) is 8.18. The number of nitrogens with one attached hydrogen (secondary N) is 1. The Labute approximate surface area is 66.6 Å². The van der Waals surface area contributed by atoms with Crippen LogP contribution in [0.4, 0.5) is 4.79 Å². The zero-order valence-electron chi connectivity index (χ0n) is 6.07. The summed E-state index contributed by atoms with van der Waals surface area (Å²) in [5.74, 6) is -1.92. The van der Waals surface area contributed by atoms with Gasteiger partial charge in [-0.05, 0) is 0 Å². The van der Waals surface area contributed by atoms with E-state index in [0.717, 1.165) is 7.05 Å². The lowest BCUT2D eigenvalue weighted by atomic mass is 10.2. The second-order valence-electron chi connectivity index (χ2n) is 2.07. The van der Waals surface area contributed by atoms with Crippen LogP contribution >= 0.6 is 0 Å². The average molecular weight is 171 g/mol. The number of urea groups is 1. The first-order chi connectivity index (χ1) is 5.57. The average Bonchev–Trinajstić information content (AvgIpc) is 2.01. The molecule has 64 valence electrons. The molecule has 7 nitrogen and oxygen atoms in total. The molecule has 1 rings (SSSR count). The number of hydrogen-bond donors (Lipinski definition) is 2. The van der Waals surface area contributed by atoms with Crippen molar-refractivity contribution in [3.8, 4) is 0 Å². The molecule has 7 heteroatoms. The lowest BCUT2D eigenvalue weighted by Crippen LogP contribution is -2.56. The maximum absolute atomic E-state index is 10.9. The summed E-state index contributed by atoms with van der Waals surface area (Å²) in [6.07, 6.45) is 0. The normalized spacial score (nSPS) is 21.6. The van der Waals surface area contributed by atoms with Crippen molar-refractivity contribution >= 4 is 23.6 Å². The van der Waals surface area contributed by atoms with E-state index in [1.165, 1.54) is 0 Å². The first-order valence-electron chi connectivity index (χ1n) is 2.93. The fourth-order valence-electron chi connectivity index (χ4n) is 0.677. The molecule has 1 aliphatic heterocycles. The summed E-state index contributed by atoms with van der Waals surface area (Å²) in [6.45, 7) is 0. The van der Waals surface area contributed by atoms with Crippen LogP contribution in [0, 0.1) is 0 Å². The lowest BCUT2D eigenvalue weighted by Gasteiger charge is -2.19. The fourth-order valence-corrected chi connectivity index (χ4v) is 0.677. The third-order valence-corrected chi connectivity index (χ3v) is 1.35. The molecule has 2 N–H and O–H groups in total. The number of carbonyl (C=O) groups is 3. The van der Waals surface area contributed by atoms with Crippen LogP contribution in [0.1, 0.15) is 0 Å². The van der Waals surface area contributed by atoms with Gasteiger partial charge in [-0.2, -0.15) is 0 Å². The molecule has 0 saturated carbocycles. The van der Waals surface area contributed by atoms with Crippen molar-refractivity contribution in [1.29, 1.82) is 0 Å². The zero-order valence-corrected chi connectivity index (χ0v) is 6.07. The van der Waals surface area contributed by atoms with Crippen LogP contribution < -0.4 is 5.32 Å². The minimum Gasteiger partial charge on any atom is -0.410 e. The van der Waals surface area contributed by atoms with Crippen LogP contribution in [-0.4, -0.2) is 40.7 Å². The number of amides is 4. The predicted octanol–water partition coefficient (Wildman–Crippen LogP) is -1.48. The molecule has 0 aromatic rings. The van der Waals surface area contributed by atoms with E-state index in [4.69, 9.17) is 5.21 Å². The van der Waals surface area contributed by atoms with E-state index in [9.17, 15) is 14.4 Å². The van der Waals surface area contributed by atoms with Crippen molar-refractivity contribution < 1.29 is 19.6 Å². The van der Waals surface area contributed by atoms with E-state index in [0.29, 0.717) is 4.90 Å². The molecule has 4 amide bonds. The summed E-state index contributed by atoms with van der Waals surface area (Å²) >= 11 is 0. The van der Waals surface area contributed by atoms with Crippen molar-refractivity contribution in [1.82, 2.24) is 10.2 Å². The summed E-state index contributed by atoms with van der Waals surface area (Å²) in [4.78, 5) is 33.0. The molecule has 1 saturated heterocycles. The maximum atomic E-state index is 10.9. The molecule has 0 radical (unpaired) electrons. The molecule has 0 aliphatic carbocycles. The van der Waals surface area contributed by atoms with Gasteiger partial charge >= 0.3 is 6.03 Å². The molecular formula is C5H5N3O4. The Morgan fingerprint density at radius 2 is 2.00 bits per heavy atom. The molecule has 0 bridgehead atoms. The minimum atomic E-state index is -0.995. The van der Waals surface area contributed by atoms with Crippen LogP contribution in [0.15, 0.2) is 5.16 Å². The van der Waals surface area contributed by atoms with Crippen LogP contribution in [0.3, 0.4) is 0 Å². The molecule has 0 aromatic heterocycles. The van der Waals surface area contributed by atoms with E-state index in [2.05, 4.69) is 5.16 Å². The van der Waals surface area contributed by atoms with Crippen molar-refractivity contribution in [2.45, 2.75) is 0 Å². The summed E-state index contributed by atoms with van der Waals surface area (Å²) in [6, 6.07) is -0.836. The van der Waals surface area contributed by atoms with Gasteiger partial charge in [0.1, 0.15) is 0 Å². The monoisotopic (exact) mass is 171 g/mol. The standard InChI is InChI=1S/C5H5N3O4/c1-8-4(10)2(7-12)3(9)6-5(8)11/h12H,1H3,(H,6,9,11). The van der Waals surface area contributed by atoms with Crippen molar-refractivity contribution in [2.24, 2.45) is 5.16 Å². The Bertz CT molecular complexity index is 295. The van der Waals surface area contributed by atoms with E-state index < -0.39 is 23.6 Å². The van der Waals surface area contributed by atoms with Gasteiger partial charge in [0.2, 0.25) is 5.71 Å². The highest BCUT2D eigenvalue weighted by molar-refractivity contribution is 6.68. The Morgan fingerprint density at radius 3 is 2.50 bits per heavy atom. The number of hydrogen-bond acceptors (Lipinski definition) is 5. The molecule has 1 heterocycles. The van der Waals surface area contributed by atoms with Crippen molar-refractivity contribution in [3.05, 3.63) is 0 Å². The third kappa shape index (κ3) is 1.00. The molecule has 0 spiro atoms. The summed E-state index contributed by atoms with van der Waals surface area (Å²) < 4.78 is 0. The largest absolute Gasteiger partial charge is 0.410 e. The smallest absolute Gasteiger partial charge is 0.331 e. The topological polar surface area (TPSA) is 99.1 Å². The van der Waals surface area contributed by atoms with Crippen LogP contribution in [0.5, 0.6) is 0 Å². The molecule has 0 unspecified atom stereocenters. The Morgan fingerprint density at radius 1 is 1.42 bits per heavy atom. The highest BCUT2D eigenvalue weighted by atomic mass is 16.4. The van der Waals surface area contributed by atoms with Gasteiger partial charge in [-0.15, -0.1) is 0 Å². The van der Waals surface area contributed by atoms with Gasteiger partial charge < -0.3 is 5.21 Å². The van der Waals surface area contributed by atoms with Crippen LogP contribution in [0.2, 0.25) is 0 Å². The summed E-state index contributed by atoms with van der Waals surface area (Å²) in [5.41, 5.74) is -0.697. The molecule has 0 aromatic carbocycles. The van der Waals surface area contributed by atoms with E-state index in [-0.39, 0.29) is 0 Å². The predicted molar refractivity (Wildman–Crippen MR) is 35.5 cm³/mol. The fraction of sp³-hybridized carbons (Fsp3) is 0.200. The number of barbiturate groups is 1. The third-order valence-electron chi connectivity index (χ3n) is 1.35. The molecule has 1 aliphatic rings. The molecule has 0 atom stereocenters. The first-order valence-corrected chi connectivity index (χ1v) is 2.93. The number of nitrogens with zero attached hydrogens (tertiary/aromatic N) is 2. The zero-order chi connectivity index (χ0) is 9.30. The van der Waals surface area contributed by atoms with Gasteiger partial charge in [0.15, 0.2) is 0 Å². The number of oxime groups is 1. The van der Waals surface area contributed by atoms with Crippen molar-refractivity contribution in [2.75, 3.05) is 7.05 Å². The Balaban J connectivity index is 3.03. The molecule has 12 heavy (non-hydrogen) atoms. The lowest BCUT2D eigenvalue weighted by molar-refractivity contribution is -0.124. The quantitative estimate of drug-likeness (QED) is 0.343. The van der Waals surface area contributed by atoms with E-state index in [1.54, 1.807) is 5.32 Å². The van der Waals surface area contributed by atoms with E-state index in [1.807, 2.05) is 0 Å². The summed E-state index contributed by atoms with van der Waals surface area (Å²) in [5, 5.41) is 12.5. The highest BCUT2D eigenvalue weighted by Gasteiger charge is 2.35. The number of imide groups is 2. The van der Waals surface area contributed by atoms with E-state index >= 15 is 0 Å². The molecular weight excluding hydrogens is 166 g/mol. The maximum Gasteiger partial charge on any atom is 0.331 e. The Hall–Kier alpha value is -1.92.